The van der Waals surface area contributed by atoms with E-state index in [0.29, 0.717) is 5.92 Å². The predicted molar refractivity (Wildman–Crippen MR) is 86.5 cm³/mol. The van der Waals surface area contributed by atoms with Crippen molar-refractivity contribution in [2.24, 2.45) is 5.92 Å². The zero-order chi connectivity index (χ0) is 15.7. The van der Waals surface area contributed by atoms with E-state index in [1.54, 1.807) is 19.0 Å². The Bertz CT molecular complexity index is 544. The summed E-state index contributed by atoms with van der Waals surface area (Å²) in [5, 5.41) is 0. The van der Waals surface area contributed by atoms with Gasteiger partial charge in [0.2, 0.25) is 0 Å². The first-order valence-electron chi connectivity index (χ1n) is 8.18. The number of hydrogen-bond donors (Lipinski definition) is 0. The molecule has 2 heterocycles. The Morgan fingerprint density at radius 1 is 1.36 bits per heavy atom. The number of aryl methyl sites for hydroxylation is 1. The van der Waals surface area contributed by atoms with E-state index in [-0.39, 0.29) is 18.1 Å². The second kappa shape index (κ2) is 6.39. The van der Waals surface area contributed by atoms with Gasteiger partial charge in [-0.25, -0.2) is 0 Å². The van der Waals surface area contributed by atoms with Crippen molar-refractivity contribution in [3.05, 3.63) is 35.4 Å². The lowest BCUT2D eigenvalue weighted by molar-refractivity contribution is -0.141. The standard InChI is InChI=1S/C18H26N2O2/c1-13-6-4-5-7-15(13)11-20-9-8-14-10-16(18(21)19(2)3)22-17(14)12-20/h4-7,14,16-17H,8-12H2,1-3H3/t14-,16+,17-/m1/s1. The van der Waals surface area contributed by atoms with Gasteiger partial charge in [0, 0.05) is 27.2 Å². The molecule has 0 spiro atoms. The first kappa shape index (κ1) is 15.5. The van der Waals surface area contributed by atoms with E-state index < -0.39 is 0 Å². The maximum atomic E-state index is 12.1. The van der Waals surface area contributed by atoms with Gasteiger partial charge in [0.15, 0.2) is 0 Å². The monoisotopic (exact) mass is 302 g/mol. The number of hydrogen-bond acceptors (Lipinski definition) is 3. The fraction of sp³-hybridized carbons (Fsp3) is 0.611. The molecule has 0 saturated carbocycles. The highest BCUT2D eigenvalue weighted by atomic mass is 16.5. The first-order valence-corrected chi connectivity index (χ1v) is 8.18. The molecule has 4 nitrogen and oxygen atoms in total. The van der Waals surface area contributed by atoms with Crippen molar-refractivity contribution in [2.45, 2.75) is 38.5 Å². The third-order valence-corrected chi connectivity index (χ3v) is 5.01. The molecule has 0 aliphatic carbocycles. The second-order valence-electron chi connectivity index (χ2n) is 6.84. The Morgan fingerprint density at radius 2 is 2.14 bits per heavy atom. The average molecular weight is 302 g/mol. The van der Waals surface area contributed by atoms with Crippen molar-refractivity contribution in [3.8, 4) is 0 Å². The van der Waals surface area contributed by atoms with E-state index in [9.17, 15) is 4.79 Å². The van der Waals surface area contributed by atoms with Crippen molar-refractivity contribution in [3.63, 3.8) is 0 Å². The topological polar surface area (TPSA) is 32.8 Å². The van der Waals surface area contributed by atoms with E-state index in [2.05, 4.69) is 36.1 Å². The Hall–Kier alpha value is -1.39. The van der Waals surface area contributed by atoms with Gasteiger partial charge in [0.1, 0.15) is 6.10 Å². The van der Waals surface area contributed by atoms with Crippen LogP contribution < -0.4 is 0 Å². The Labute approximate surface area is 133 Å². The molecule has 2 aliphatic rings. The number of benzene rings is 1. The molecular weight excluding hydrogens is 276 g/mol. The number of piperidine rings is 1. The van der Waals surface area contributed by atoms with E-state index in [1.165, 1.54) is 11.1 Å². The van der Waals surface area contributed by atoms with Crippen molar-refractivity contribution in [2.75, 3.05) is 27.2 Å². The zero-order valence-electron chi connectivity index (χ0n) is 13.8. The average Bonchev–Trinajstić information content (AvgIpc) is 2.91. The quantitative estimate of drug-likeness (QED) is 0.857. The Balaban J connectivity index is 1.60. The molecule has 0 radical (unpaired) electrons. The molecule has 2 fully saturated rings. The van der Waals surface area contributed by atoms with Gasteiger partial charge in [-0.2, -0.15) is 0 Å². The van der Waals surface area contributed by atoms with Gasteiger partial charge in [-0.15, -0.1) is 0 Å². The summed E-state index contributed by atoms with van der Waals surface area (Å²) in [5.41, 5.74) is 2.73. The summed E-state index contributed by atoms with van der Waals surface area (Å²) in [4.78, 5) is 16.2. The van der Waals surface area contributed by atoms with Crippen LogP contribution >= 0.6 is 0 Å². The molecule has 0 N–H and O–H groups in total. The SMILES string of the molecule is Cc1ccccc1CN1CC[C@@H]2C[C@@H](C(=O)N(C)C)O[C@@H]2C1. The summed E-state index contributed by atoms with van der Waals surface area (Å²) >= 11 is 0. The van der Waals surface area contributed by atoms with E-state index in [4.69, 9.17) is 4.74 Å². The number of likely N-dealkylation sites (N-methyl/N-ethyl adjacent to an activating group) is 1. The first-order chi connectivity index (χ1) is 10.5. The lowest BCUT2D eigenvalue weighted by Gasteiger charge is -2.34. The van der Waals surface area contributed by atoms with Gasteiger partial charge in [0.25, 0.3) is 5.91 Å². The minimum Gasteiger partial charge on any atom is -0.364 e. The summed E-state index contributed by atoms with van der Waals surface area (Å²) in [6.07, 6.45) is 2.00. The molecule has 4 heteroatoms. The van der Waals surface area contributed by atoms with Crippen LogP contribution in [0.4, 0.5) is 0 Å². The number of ether oxygens (including phenoxy) is 1. The number of fused-ring (bicyclic) bond motifs is 1. The number of likely N-dealkylation sites (tertiary alicyclic amines) is 1. The van der Waals surface area contributed by atoms with Crippen molar-refractivity contribution in [1.29, 1.82) is 0 Å². The maximum absolute atomic E-state index is 12.1. The van der Waals surface area contributed by atoms with Crippen LogP contribution in [0.25, 0.3) is 0 Å². The maximum Gasteiger partial charge on any atom is 0.251 e. The minimum atomic E-state index is -0.233. The van der Waals surface area contributed by atoms with Crippen LogP contribution in [0.15, 0.2) is 24.3 Å². The van der Waals surface area contributed by atoms with Crippen LogP contribution in [0.3, 0.4) is 0 Å². The van der Waals surface area contributed by atoms with Crippen LogP contribution in [0, 0.1) is 12.8 Å². The molecular formula is C18H26N2O2. The van der Waals surface area contributed by atoms with Gasteiger partial charge in [-0.3, -0.25) is 9.69 Å². The normalized spacial score (nSPS) is 28.4. The van der Waals surface area contributed by atoms with Crippen LogP contribution in [-0.4, -0.2) is 55.1 Å². The zero-order valence-corrected chi connectivity index (χ0v) is 13.8. The fourth-order valence-corrected chi connectivity index (χ4v) is 3.61. The second-order valence-corrected chi connectivity index (χ2v) is 6.84. The molecule has 2 aliphatic heterocycles. The molecule has 2 saturated heterocycles. The molecule has 22 heavy (non-hydrogen) atoms. The summed E-state index contributed by atoms with van der Waals surface area (Å²) in [5.74, 6) is 0.655. The highest BCUT2D eigenvalue weighted by molar-refractivity contribution is 5.80. The molecule has 120 valence electrons. The van der Waals surface area contributed by atoms with Crippen LogP contribution in [0.2, 0.25) is 0 Å². The van der Waals surface area contributed by atoms with Gasteiger partial charge < -0.3 is 9.64 Å². The number of nitrogens with zero attached hydrogens (tertiary/aromatic N) is 2. The van der Waals surface area contributed by atoms with Crippen molar-refractivity contribution >= 4 is 5.91 Å². The van der Waals surface area contributed by atoms with E-state index in [1.807, 2.05) is 0 Å². The Kier molecular flexibility index (Phi) is 4.50. The van der Waals surface area contributed by atoms with Crippen molar-refractivity contribution in [1.82, 2.24) is 9.80 Å². The van der Waals surface area contributed by atoms with Crippen LogP contribution in [0.1, 0.15) is 24.0 Å². The summed E-state index contributed by atoms with van der Waals surface area (Å²) in [7, 11) is 3.61. The summed E-state index contributed by atoms with van der Waals surface area (Å²) in [6.45, 7) is 5.18. The number of carbonyl (C=O) groups excluding carboxylic acids is 1. The lowest BCUT2D eigenvalue weighted by atomic mass is 9.91. The minimum absolute atomic E-state index is 0.111. The molecule has 0 bridgehead atoms. The smallest absolute Gasteiger partial charge is 0.251 e. The lowest BCUT2D eigenvalue weighted by Crippen LogP contribution is -2.42. The van der Waals surface area contributed by atoms with E-state index in [0.717, 1.165) is 32.5 Å². The molecule has 1 amide bonds. The molecule has 1 aromatic carbocycles. The van der Waals surface area contributed by atoms with Crippen LogP contribution in [0.5, 0.6) is 0 Å². The van der Waals surface area contributed by atoms with E-state index >= 15 is 0 Å². The molecule has 0 unspecified atom stereocenters. The Morgan fingerprint density at radius 3 is 2.86 bits per heavy atom. The highest BCUT2D eigenvalue weighted by Gasteiger charge is 2.42. The van der Waals surface area contributed by atoms with Gasteiger partial charge in [-0.1, -0.05) is 24.3 Å². The van der Waals surface area contributed by atoms with Gasteiger partial charge >= 0.3 is 0 Å². The highest BCUT2D eigenvalue weighted by Crippen LogP contribution is 2.34. The summed E-state index contributed by atoms with van der Waals surface area (Å²) < 4.78 is 6.05. The van der Waals surface area contributed by atoms with Crippen molar-refractivity contribution < 1.29 is 9.53 Å². The summed E-state index contributed by atoms with van der Waals surface area (Å²) in [6, 6.07) is 8.56. The third-order valence-electron chi connectivity index (χ3n) is 5.01. The fourth-order valence-electron chi connectivity index (χ4n) is 3.61. The number of rotatable bonds is 3. The molecule has 3 atom stereocenters. The van der Waals surface area contributed by atoms with Gasteiger partial charge in [0.05, 0.1) is 6.10 Å². The molecule has 0 aromatic heterocycles. The van der Waals surface area contributed by atoms with Crippen LogP contribution in [-0.2, 0) is 16.1 Å². The molecule has 1 aromatic rings. The largest absolute Gasteiger partial charge is 0.364 e. The third kappa shape index (κ3) is 3.18. The number of amides is 1. The predicted octanol–water partition coefficient (Wildman–Crippen LogP) is 2.06. The van der Waals surface area contributed by atoms with Gasteiger partial charge in [-0.05, 0) is 43.4 Å². The molecule has 3 rings (SSSR count). The number of carbonyl (C=O) groups is 1.